The van der Waals surface area contributed by atoms with Gasteiger partial charge in [0.1, 0.15) is 0 Å². The second-order valence-corrected chi connectivity index (χ2v) is 5.96. The molecule has 0 bridgehead atoms. The molecule has 0 amide bonds. The summed E-state index contributed by atoms with van der Waals surface area (Å²) >= 11 is 11.8. The summed E-state index contributed by atoms with van der Waals surface area (Å²) in [6.45, 7) is 0.223. The zero-order valence-corrected chi connectivity index (χ0v) is 14.3. The van der Waals surface area contributed by atoms with E-state index in [0.29, 0.717) is 10.0 Å². The molecule has 3 rings (SSSR count). The zero-order chi connectivity index (χ0) is 18.8. The first-order chi connectivity index (χ1) is 12.3. The second kappa shape index (κ2) is 7.02. The normalized spacial score (nSPS) is 10.7. The molecule has 1 aromatic heterocycles. The van der Waals surface area contributed by atoms with Crippen molar-refractivity contribution < 1.29 is 9.85 Å². The quantitative estimate of drug-likeness (QED) is 0.477. The van der Waals surface area contributed by atoms with Crippen LogP contribution in [0.2, 0.25) is 10.0 Å². The number of rotatable bonds is 5. The summed E-state index contributed by atoms with van der Waals surface area (Å²) < 4.78 is 0. The predicted molar refractivity (Wildman–Crippen MR) is 92.1 cm³/mol. The van der Waals surface area contributed by atoms with Crippen LogP contribution in [0.15, 0.2) is 36.4 Å². The van der Waals surface area contributed by atoms with Crippen molar-refractivity contribution in [3.05, 3.63) is 72.2 Å². The van der Waals surface area contributed by atoms with E-state index in [4.69, 9.17) is 23.2 Å². The van der Waals surface area contributed by atoms with Crippen LogP contribution in [0, 0.1) is 20.2 Å². The molecule has 2 aromatic carbocycles. The van der Waals surface area contributed by atoms with Gasteiger partial charge >= 0.3 is 0 Å². The molecule has 0 N–H and O–H groups in total. The Hall–Kier alpha value is -3.11. The topological polar surface area (TPSA) is 130 Å². The van der Waals surface area contributed by atoms with Gasteiger partial charge in [0.25, 0.3) is 11.4 Å². The lowest BCUT2D eigenvalue weighted by Crippen LogP contribution is -2.04. The van der Waals surface area contributed by atoms with E-state index in [-0.39, 0.29) is 17.9 Å². The minimum Gasteiger partial charge on any atom is -0.258 e. The molecule has 26 heavy (non-hydrogen) atoms. The number of halogens is 2. The molecule has 12 heteroatoms. The lowest BCUT2D eigenvalue weighted by Gasteiger charge is -2.01. The van der Waals surface area contributed by atoms with Crippen LogP contribution in [0.5, 0.6) is 0 Å². The van der Waals surface area contributed by atoms with E-state index in [0.717, 1.165) is 23.8 Å². The molecule has 0 atom stereocenters. The monoisotopic (exact) mass is 394 g/mol. The highest BCUT2D eigenvalue weighted by atomic mass is 35.5. The van der Waals surface area contributed by atoms with Crippen LogP contribution in [0.25, 0.3) is 11.4 Å². The van der Waals surface area contributed by atoms with Crippen LogP contribution >= 0.6 is 23.2 Å². The fraction of sp³-hybridized carbons (Fsp3) is 0.0714. The van der Waals surface area contributed by atoms with E-state index in [1.807, 2.05) is 0 Å². The largest absolute Gasteiger partial charge is 0.277 e. The molecule has 0 radical (unpaired) electrons. The first-order valence-electron chi connectivity index (χ1n) is 6.99. The molecule has 0 spiro atoms. The van der Waals surface area contributed by atoms with Crippen LogP contribution in [0.4, 0.5) is 11.4 Å². The smallest absolute Gasteiger partial charge is 0.258 e. The van der Waals surface area contributed by atoms with E-state index < -0.39 is 21.2 Å². The van der Waals surface area contributed by atoms with Gasteiger partial charge in [0.05, 0.1) is 32.5 Å². The summed E-state index contributed by atoms with van der Waals surface area (Å²) in [7, 11) is 0. The number of nitrogens with zero attached hydrogens (tertiary/aromatic N) is 6. The van der Waals surface area contributed by atoms with Crippen molar-refractivity contribution in [2.24, 2.45) is 0 Å². The fourth-order valence-electron chi connectivity index (χ4n) is 2.16. The van der Waals surface area contributed by atoms with Gasteiger partial charge in [-0.05, 0) is 22.9 Å². The lowest BCUT2D eigenvalue weighted by atomic mass is 10.1. The summed E-state index contributed by atoms with van der Waals surface area (Å²) in [4.78, 5) is 21.7. The third kappa shape index (κ3) is 3.76. The van der Waals surface area contributed by atoms with Gasteiger partial charge in [0.15, 0.2) is 0 Å². The van der Waals surface area contributed by atoms with Crippen molar-refractivity contribution in [2.45, 2.75) is 6.54 Å². The number of hydrogen-bond acceptors (Lipinski definition) is 7. The van der Waals surface area contributed by atoms with Crippen molar-refractivity contribution in [3.8, 4) is 11.4 Å². The zero-order valence-electron chi connectivity index (χ0n) is 12.7. The number of aromatic nitrogens is 4. The summed E-state index contributed by atoms with van der Waals surface area (Å²) in [6.07, 6.45) is 0. The van der Waals surface area contributed by atoms with Crippen molar-refractivity contribution in [3.63, 3.8) is 0 Å². The highest BCUT2D eigenvalue weighted by Gasteiger charge is 2.19. The molecule has 0 aliphatic heterocycles. The van der Waals surface area contributed by atoms with Crippen LogP contribution in [0.3, 0.4) is 0 Å². The highest BCUT2D eigenvalue weighted by molar-refractivity contribution is 6.42. The molecule has 3 aromatic rings. The van der Waals surface area contributed by atoms with Crippen molar-refractivity contribution in [2.75, 3.05) is 0 Å². The molecule has 0 unspecified atom stereocenters. The van der Waals surface area contributed by atoms with E-state index >= 15 is 0 Å². The van der Waals surface area contributed by atoms with Gasteiger partial charge in [-0.25, -0.2) is 0 Å². The van der Waals surface area contributed by atoms with E-state index in [2.05, 4.69) is 15.4 Å². The van der Waals surface area contributed by atoms with Gasteiger partial charge in [0, 0.05) is 17.7 Å². The number of nitro groups is 2. The number of non-ortho nitro benzene ring substituents is 2. The van der Waals surface area contributed by atoms with Gasteiger partial charge in [-0.15, -0.1) is 10.2 Å². The number of nitro benzene ring substituents is 2. The molecular weight excluding hydrogens is 387 g/mol. The molecule has 0 saturated carbocycles. The molecule has 0 saturated heterocycles. The van der Waals surface area contributed by atoms with Crippen molar-refractivity contribution in [1.82, 2.24) is 20.2 Å². The Balaban J connectivity index is 1.93. The Morgan fingerprint density at radius 2 is 1.62 bits per heavy atom. The Morgan fingerprint density at radius 1 is 0.962 bits per heavy atom. The van der Waals surface area contributed by atoms with Gasteiger partial charge in [-0.1, -0.05) is 29.3 Å². The highest BCUT2D eigenvalue weighted by Crippen LogP contribution is 2.27. The Bertz CT molecular complexity index is 990. The molecular formula is C14H8Cl2N6O4. The average molecular weight is 395 g/mol. The second-order valence-electron chi connectivity index (χ2n) is 5.14. The maximum atomic E-state index is 11.0. The summed E-state index contributed by atoms with van der Waals surface area (Å²) in [5.41, 5.74) is 0.00438. The van der Waals surface area contributed by atoms with Crippen LogP contribution in [-0.2, 0) is 6.54 Å². The fourth-order valence-corrected chi connectivity index (χ4v) is 2.48. The van der Waals surface area contributed by atoms with E-state index in [9.17, 15) is 20.2 Å². The minimum atomic E-state index is -0.726. The first-order valence-corrected chi connectivity index (χ1v) is 7.75. The summed E-state index contributed by atoms with van der Waals surface area (Å²) in [6, 6.07) is 8.16. The maximum absolute atomic E-state index is 11.0. The number of hydrogen-bond donors (Lipinski definition) is 0. The first kappa shape index (κ1) is 17.7. The van der Waals surface area contributed by atoms with Crippen molar-refractivity contribution >= 4 is 34.6 Å². The Kier molecular flexibility index (Phi) is 4.78. The molecule has 0 fully saturated rings. The minimum absolute atomic E-state index is 0.0249. The standard InChI is InChI=1S/C14H8Cl2N6O4/c15-12-2-1-8(3-13(12)16)7-20-18-14(17-19-20)9-4-10(21(23)24)6-11(5-9)22(25)26/h1-6H,7H2. The van der Waals surface area contributed by atoms with Crippen LogP contribution in [0.1, 0.15) is 5.56 Å². The number of benzene rings is 2. The summed E-state index contributed by atoms with van der Waals surface area (Å²) in [5.74, 6) is 0.0249. The third-order valence-corrected chi connectivity index (χ3v) is 4.08. The third-order valence-electron chi connectivity index (χ3n) is 3.34. The predicted octanol–water partition coefficient (Wildman–Crippen LogP) is 3.51. The Morgan fingerprint density at radius 3 is 2.19 bits per heavy atom. The van der Waals surface area contributed by atoms with Gasteiger partial charge < -0.3 is 0 Å². The average Bonchev–Trinajstić information content (AvgIpc) is 3.06. The van der Waals surface area contributed by atoms with Crippen LogP contribution < -0.4 is 0 Å². The summed E-state index contributed by atoms with van der Waals surface area (Å²) in [5, 5.41) is 34.5. The molecule has 0 aliphatic carbocycles. The van der Waals surface area contributed by atoms with Gasteiger partial charge in [-0.2, -0.15) is 4.80 Å². The van der Waals surface area contributed by atoms with E-state index in [1.165, 1.54) is 4.80 Å². The van der Waals surface area contributed by atoms with Crippen molar-refractivity contribution in [1.29, 1.82) is 0 Å². The lowest BCUT2D eigenvalue weighted by molar-refractivity contribution is -0.394. The van der Waals surface area contributed by atoms with Gasteiger partial charge in [0.2, 0.25) is 5.82 Å². The molecule has 10 nitrogen and oxygen atoms in total. The Labute approximate surface area is 155 Å². The molecule has 1 heterocycles. The van der Waals surface area contributed by atoms with Crippen LogP contribution in [-0.4, -0.2) is 30.1 Å². The molecule has 132 valence electrons. The SMILES string of the molecule is O=[N+]([O-])c1cc(-c2nnn(Cc3ccc(Cl)c(Cl)c3)n2)cc([N+](=O)[O-])c1. The number of tetrazole rings is 1. The van der Waals surface area contributed by atoms with E-state index in [1.54, 1.807) is 18.2 Å². The molecule has 0 aliphatic rings. The maximum Gasteiger partial charge on any atom is 0.277 e. The van der Waals surface area contributed by atoms with Gasteiger partial charge in [-0.3, -0.25) is 20.2 Å².